The van der Waals surface area contributed by atoms with Crippen molar-refractivity contribution >= 4 is 28.3 Å². The quantitative estimate of drug-likeness (QED) is 0.577. The zero-order valence-corrected chi connectivity index (χ0v) is 8.64. The number of rotatable bonds is 1. The molecular weight excluding hydrogens is 219 g/mol. The van der Waals surface area contributed by atoms with E-state index < -0.39 is 5.82 Å². The van der Waals surface area contributed by atoms with Crippen LogP contribution in [0.3, 0.4) is 0 Å². The first-order valence-electron chi connectivity index (χ1n) is 4.22. The van der Waals surface area contributed by atoms with Crippen molar-refractivity contribution in [2.24, 2.45) is 5.84 Å². The fourth-order valence-electron chi connectivity index (χ4n) is 1.38. The van der Waals surface area contributed by atoms with Gasteiger partial charge in [0.15, 0.2) is 11.6 Å². The lowest BCUT2D eigenvalue weighted by Gasteiger charge is -2.06. The highest BCUT2D eigenvalue weighted by atomic mass is 35.5. The Morgan fingerprint density at radius 3 is 2.80 bits per heavy atom. The minimum absolute atomic E-state index is 0.208. The maximum absolute atomic E-state index is 13.5. The lowest BCUT2D eigenvalue weighted by molar-refractivity contribution is 0.636. The van der Waals surface area contributed by atoms with Crippen LogP contribution in [0.5, 0.6) is 0 Å². The normalized spacial score (nSPS) is 10.7. The second-order valence-corrected chi connectivity index (χ2v) is 3.48. The minimum atomic E-state index is -0.487. The Morgan fingerprint density at radius 1 is 1.40 bits per heavy atom. The third-order valence-electron chi connectivity index (χ3n) is 1.97. The average Bonchev–Trinajstić information content (AvgIpc) is 2.18. The molecule has 0 atom stereocenters. The van der Waals surface area contributed by atoms with E-state index in [1.54, 1.807) is 13.0 Å². The van der Waals surface area contributed by atoms with Crippen LogP contribution in [0.15, 0.2) is 12.1 Å². The van der Waals surface area contributed by atoms with Crippen LogP contribution < -0.4 is 11.3 Å². The number of nitrogen functional groups attached to an aromatic ring is 1. The van der Waals surface area contributed by atoms with Crippen molar-refractivity contribution in [2.75, 3.05) is 5.43 Å². The van der Waals surface area contributed by atoms with Gasteiger partial charge in [0.2, 0.25) is 0 Å². The van der Waals surface area contributed by atoms with Crippen molar-refractivity contribution in [2.45, 2.75) is 6.92 Å². The molecule has 15 heavy (non-hydrogen) atoms. The van der Waals surface area contributed by atoms with E-state index in [0.717, 1.165) is 0 Å². The largest absolute Gasteiger partial charge is 0.308 e. The number of hydrogen-bond acceptors (Lipinski definition) is 4. The Balaban J connectivity index is 2.89. The van der Waals surface area contributed by atoms with Gasteiger partial charge in [-0.2, -0.15) is 0 Å². The standard InChI is InChI=1S/C9H8ClFN4/c1-4-13-8-6(9(14-4)15-12)2-5(10)3-7(8)11/h2-3H,12H2,1H3,(H,13,14,15). The van der Waals surface area contributed by atoms with Crippen LogP contribution in [0, 0.1) is 12.7 Å². The van der Waals surface area contributed by atoms with Gasteiger partial charge in [0, 0.05) is 10.4 Å². The summed E-state index contributed by atoms with van der Waals surface area (Å²) in [6, 6.07) is 2.77. The molecule has 2 rings (SSSR count). The number of nitrogens with zero attached hydrogens (tertiary/aromatic N) is 2. The van der Waals surface area contributed by atoms with E-state index >= 15 is 0 Å². The van der Waals surface area contributed by atoms with Crippen molar-refractivity contribution in [1.82, 2.24) is 9.97 Å². The number of benzene rings is 1. The number of hydrogen-bond donors (Lipinski definition) is 2. The summed E-state index contributed by atoms with van der Waals surface area (Å²) >= 11 is 5.73. The van der Waals surface area contributed by atoms with Crippen molar-refractivity contribution in [1.29, 1.82) is 0 Å². The van der Waals surface area contributed by atoms with E-state index in [0.29, 0.717) is 17.0 Å². The number of aryl methyl sites for hydroxylation is 1. The van der Waals surface area contributed by atoms with E-state index in [2.05, 4.69) is 15.4 Å². The Bertz CT molecular complexity index is 529. The molecule has 0 aliphatic carbocycles. The number of fused-ring (bicyclic) bond motifs is 1. The first-order valence-corrected chi connectivity index (χ1v) is 4.59. The van der Waals surface area contributed by atoms with Crippen LogP contribution in [0.4, 0.5) is 10.2 Å². The second kappa shape index (κ2) is 3.60. The smallest absolute Gasteiger partial charge is 0.151 e. The number of nitrogens with one attached hydrogen (secondary N) is 1. The summed E-state index contributed by atoms with van der Waals surface area (Å²) in [5, 5.41) is 0.747. The lowest BCUT2D eigenvalue weighted by atomic mass is 10.2. The molecule has 1 aromatic heterocycles. The summed E-state index contributed by atoms with van der Waals surface area (Å²) < 4.78 is 13.5. The SMILES string of the molecule is Cc1nc(NN)c2cc(Cl)cc(F)c2n1. The molecule has 4 nitrogen and oxygen atoms in total. The molecule has 0 unspecified atom stereocenters. The van der Waals surface area contributed by atoms with Crippen LogP contribution in [0.1, 0.15) is 5.82 Å². The lowest BCUT2D eigenvalue weighted by Crippen LogP contribution is -2.10. The monoisotopic (exact) mass is 226 g/mol. The van der Waals surface area contributed by atoms with E-state index in [4.69, 9.17) is 17.4 Å². The molecule has 0 spiro atoms. The maximum atomic E-state index is 13.5. The number of nitrogens with two attached hydrogens (primary N) is 1. The van der Waals surface area contributed by atoms with Gasteiger partial charge >= 0.3 is 0 Å². The molecule has 3 N–H and O–H groups in total. The molecule has 1 aromatic carbocycles. The summed E-state index contributed by atoms with van der Waals surface area (Å²) in [7, 11) is 0. The number of hydrazine groups is 1. The third-order valence-corrected chi connectivity index (χ3v) is 2.19. The molecule has 0 aliphatic rings. The van der Waals surface area contributed by atoms with Gasteiger partial charge in [0.25, 0.3) is 0 Å². The summed E-state index contributed by atoms with van der Waals surface area (Å²) in [6.45, 7) is 1.66. The Kier molecular flexibility index (Phi) is 2.42. The summed E-state index contributed by atoms with van der Waals surface area (Å²) in [6.07, 6.45) is 0. The van der Waals surface area contributed by atoms with Gasteiger partial charge in [-0.15, -0.1) is 0 Å². The predicted molar refractivity (Wildman–Crippen MR) is 57.1 cm³/mol. The van der Waals surface area contributed by atoms with Gasteiger partial charge in [-0.1, -0.05) is 11.6 Å². The topological polar surface area (TPSA) is 63.8 Å². The van der Waals surface area contributed by atoms with Crippen molar-refractivity contribution < 1.29 is 4.39 Å². The van der Waals surface area contributed by atoms with E-state index in [9.17, 15) is 4.39 Å². The highest BCUT2D eigenvalue weighted by molar-refractivity contribution is 6.31. The third kappa shape index (κ3) is 1.71. The molecule has 2 aromatic rings. The van der Waals surface area contributed by atoms with Crippen LogP contribution in [0.25, 0.3) is 10.9 Å². The highest BCUT2D eigenvalue weighted by Gasteiger charge is 2.10. The summed E-state index contributed by atoms with van der Waals surface area (Å²) in [5.74, 6) is 5.59. The molecule has 0 radical (unpaired) electrons. The molecule has 6 heteroatoms. The molecule has 0 amide bonds. The molecule has 0 aliphatic heterocycles. The van der Waals surface area contributed by atoms with Crippen LogP contribution in [-0.4, -0.2) is 9.97 Å². The summed E-state index contributed by atoms with van der Waals surface area (Å²) in [5.41, 5.74) is 2.60. The van der Waals surface area contributed by atoms with Gasteiger partial charge < -0.3 is 5.43 Å². The van der Waals surface area contributed by atoms with Gasteiger partial charge in [0.1, 0.15) is 11.3 Å². The zero-order valence-electron chi connectivity index (χ0n) is 7.88. The fourth-order valence-corrected chi connectivity index (χ4v) is 1.58. The van der Waals surface area contributed by atoms with Crippen LogP contribution >= 0.6 is 11.6 Å². The molecule has 1 heterocycles. The first kappa shape index (κ1) is 10.1. The predicted octanol–water partition coefficient (Wildman–Crippen LogP) is 2.02. The van der Waals surface area contributed by atoms with Crippen molar-refractivity contribution in [3.63, 3.8) is 0 Å². The summed E-state index contributed by atoms with van der Waals surface area (Å²) in [4.78, 5) is 8.01. The first-order chi connectivity index (χ1) is 7.11. The van der Waals surface area contributed by atoms with Gasteiger partial charge in [-0.05, 0) is 19.1 Å². The molecular formula is C9H8ClFN4. The van der Waals surface area contributed by atoms with E-state index in [-0.39, 0.29) is 10.5 Å². The maximum Gasteiger partial charge on any atom is 0.151 e. The van der Waals surface area contributed by atoms with E-state index in [1.807, 2.05) is 0 Å². The number of anilines is 1. The molecule has 78 valence electrons. The number of halogens is 2. The Hall–Kier alpha value is -1.46. The highest BCUT2D eigenvalue weighted by Crippen LogP contribution is 2.25. The van der Waals surface area contributed by atoms with Crippen LogP contribution in [-0.2, 0) is 0 Å². The average molecular weight is 227 g/mol. The fraction of sp³-hybridized carbons (Fsp3) is 0.111. The second-order valence-electron chi connectivity index (χ2n) is 3.05. The van der Waals surface area contributed by atoms with Crippen LogP contribution in [0.2, 0.25) is 5.02 Å². The van der Waals surface area contributed by atoms with Crippen molar-refractivity contribution in [3.8, 4) is 0 Å². The van der Waals surface area contributed by atoms with Crippen molar-refractivity contribution in [3.05, 3.63) is 28.8 Å². The minimum Gasteiger partial charge on any atom is -0.308 e. The Morgan fingerprint density at radius 2 is 2.13 bits per heavy atom. The molecule has 0 saturated carbocycles. The van der Waals surface area contributed by atoms with E-state index in [1.165, 1.54) is 6.07 Å². The number of aromatic nitrogens is 2. The van der Waals surface area contributed by atoms with Gasteiger partial charge in [-0.25, -0.2) is 20.2 Å². The Labute approximate surface area is 90.2 Å². The molecule has 0 fully saturated rings. The van der Waals surface area contributed by atoms with Gasteiger partial charge in [0.05, 0.1) is 0 Å². The molecule has 0 saturated heterocycles. The van der Waals surface area contributed by atoms with Gasteiger partial charge in [-0.3, -0.25) is 0 Å². The molecule has 0 bridgehead atoms. The zero-order chi connectivity index (χ0) is 11.0.